The lowest BCUT2D eigenvalue weighted by Gasteiger charge is -2.29. The van der Waals surface area contributed by atoms with Crippen LogP contribution in [0.15, 0.2) is 48.5 Å². The second-order valence-corrected chi connectivity index (χ2v) is 8.13. The van der Waals surface area contributed by atoms with Gasteiger partial charge in [0.25, 0.3) is 0 Å². The Bertz CT molecular complexity index is 1070. The number of aliphatic carboxylic acids is 1. The van der Waals surface area contributed by atoms with Crippen molar-refractivity contribution in [3.8, 4) is 23.0 Å². The zero-order valence-corrected chi connectivity index (χ0v) is 19.0. The Balaban J connectivity index is 1.67. The van der Waals surface area contributed by atoms with Gasteiger partial charge in [0.15, 0.2) is 0 Å². The van der Waals surface area contributed by atoms with E-state index in [9.17, 15) is 19.5 Å². The number of hydrogen-bond acceptors (Lipinski definition) is 4. The molecule has 3 rings (SSSR count). The second kappa shape index (κ2) is 10.2. The van der Waals surface area contributed by atoms with Gasteiger partial charge in [-0.15, -0.1) is 11.8 Å². The number of nitrogens with one attached hydrogen (secondary N) is 2. The normalized spacial score (nSPS) is 14.5. The van der Waals surface area contributed by atoms with Crippen LogP contribution in [0.1, 0.15) is 50.7 Å². The minimum absolute atomic E-state index is 0.0255. The fourth-order valence-corrected chi connectivity index (χ4v) is 3.89. The number of fused-ring (bicyclic) bond motifs is 3. The third kappa shape index (κ3) is 5.17. The number of rotatable bonds is 8. The smallest absolute Gasteiger partial charge is 0.408 e. The van der Waals surface area contributed by atoms with Crippen LogP contribution in [0.25, 0.3) is 11.1 Å². The summed E-state index contributed by atoms with van der Waals surface area (Å²) in [6, 6.07) is 14.9. The van der Waals surface area contributed by atoms with Crippen molar-refractivity contribution in [1.29, 1.82) is 0 Å². The number of carboxylic acids is 1. The van der Waals surface area contributed by atoms with Crippen molar-refractivity contribution < 1.29 is 24.2 Å². The van der Waals surface area contributed by atoms with Crippen molar-refractivity contribution in [2.45, 2.75) is 51.1 Å². The van der Waals surface area contributed by atoms with E-state index in [4.69, 9.17) is 4.74 Å². The molecule has 172 valence electrons. The summed E-state index contributed by atoms with van der Waals surface area (Å²) in [4.78, 5) is 36.9. The third-order valence-corrected chi connectivity index (χ3v) is 6.02. The Morgan fingerprint density at radius 3 is 2.18 bits per heavy atom. The standard InChI is InChI=1S/C26H28N2O5/c1-4-6-15-22(23(29)30)27-24(31)26(3,5-2)28-25(32)33-16-21-19-13-9-7-11-17(19)18-12-8-10-14-20(18)21/h7-14,21-22H,5,15-16H2,1-3H3,(H,27,31)(H,28,32)(H,29,30). The zero-order chi connectivity index (χ0) is 24.0. The summed E-state index contributed by atoms with van der Waals surface area (Å²) in [6.45, 7) is 4.97. The van der Waals surface area contributed by atoms with Gasteiger partial charge in [0, 0.05) is 12.3 Å². The zero-order valence-electron chi connectivity index (χ0n) is 19.0. The molecule has 0 saturated carbocycles. The van der Waals surface area contributed by atoms with Crippen LogP contribution in [-0.2, 0) is 14.3 Å². The van der Waals surface area contributed by atoms with Crippen molar-refractivity contribution in [3.05, 3.63) is 59.7 Å². The minimum atomic E-state index is -1.34. The SMILES string of the molecule is CC#CCC(NC(=O)C(C)(CC)NC(=O)OCC1c2ccccc2-c2ccccc21)C(=O)O. The molecule has 2 unspecified atom stereocenters. The van der Waals surface area contributed by atoms with E-state index in [1.54, 1.807) is 13.8 Å². The molecule has 2 aromatic carbocycles. The Morgan fingerprint density at radius 1 is 1.09 bits per heavy atom. The topological polar surface area (TPSA) is 105 Å². The van der Waals surface area contributed by atoms with Gasteiger partial charge in [0.05, 0.1) is 0 Å². The van der Waals surface area contributed by atoms with Gasteiger partial charge in [-0.25, -0.2) is 9.59 Å². The summed E-state index contributed by atoms with van der Waals surface area (Å²) in [6.07, 6.45) is -0.520. The lowest BCUT2D eigenvalue weighted by atomic mass is 9.97. The summed E-state index contributed by atoms with van der Waals surface area (Å²) < 4.78 is 5.54. The van der Waals surface area contributed by atoms with E-state index >= 15 is 0 Å². The third-order valence-electron chi connectivity index (χ3n) is 6.02. The molecule has 3 N–H and O–H groups in total. The molecule has 0 spiro atoms. The molecule has 2 aromatic rings. The fourth-order valence-electron chi connectivity index (χ4n) is 3.89. The Kier molecular flexibility index (Phi) is 7.39. The molecule has 0 saturated heterocycles. The molecular weight excluding hydrogens is 420 g/mol. The molecule has 2 atom stereocenters. The molecule has 7 heteroatoms. The Hall–Kier alpha value is -3.79. The van der Waals surface area contributed by atoms with Gasteiger partial charge < -0.3 is 20.5 Å². The van der Waals surface area contributed by atoms with E-state index < -0.39 is 29.6 Å². The molecule has 1 aliphatic carbocycles. The maximum absolute atomic E-state index is 12.8. The van der Waals surface area contributed by atoms with E-state index in [1.807, 2.05) is 36.4 Å². The van der Waals surface area contributed by atoms with E-state index in [0.29, 0.717) is 0 Å². The van der Waals surface area contributed by atoms with Gasteiger partial charge in [0.2, 0.25) is 5.91 Å². The van der Waals surface area contributed by atoms with E-state index in [0.717, 1.165) is 22.3 Å². The molecule has 0 heterocycles. The van der Waals surface area contributed by atoms with Crippen molar-refractivity contribution >= 4 is 18.0 Å². The molecule has 0 aromatic heterocycles. The van der Waals surface area contributed by atoms with Crippen LogP contribution in [0, 0.1) is 11.8 Å². The molecule has 2 amide bonds. The lowest BCUT2D eigenvalue weighted by Crippen LogP contribution is -2.59. The first-order valence-corrected chi connectivity index (χ1v) is 10.9. The van der Waals surface area contributed by atoms with Crippen LogP contribution in [0.4, 0.5) is 4.79 Å². The highest BCUT2D eigenvalue weighted by atomic mass is 16.5. The highest BCUT2D eigenvalue weighted by molar-refractivity contribution is 5.92. The molecule has 0 radical (unpaired) electrons. The number of amides is 2. The number of ether oxygens (including phenoxy) is 1. The summed E-state index contributed by atoms with van der Waals surface area (Å²) in [5, 5.41) is 14.4. The second-order valence-electron chi connectivity index (χ2n) is 8.13. The highest BCUT2D eigenvalue weighted by Gasteiger charge is 2.36. The largest absolute Gasteiger partial charge is 0.480 e. The monoisotopic (exact) mass is 448 g/mol. The number of alkyl carbamates (subject to hydrolysis) is 1. The molecule has 1 aliphatic rings. The van der Waals surface area contributed by atoms with E-state index in [2.05, 4.69) is 34.6 Å². The first-order valence-electron chi connectivity index (χ1n) is 10.9. The van der Waals surface area contributed by atoms with E-state index in [-0.39, 0.29) is 25.4 Å². The van der Waals surface area contributed by atoms with Crippen LogP contribution >= 0.6 is 0 Å². The predicted molar refractivity (Wildman–Crippen MR) is 125 cm³/mol. The summed E-state index contributed by atoms with van der Waals surface area (Å²) in [5.41, 5.74) is 3.08. The maximum atomic E-state index is 12.8. The number of benzene rings is 2. The van der Waals surface area contributed by atoms with Crippen LogP contribution in [0.5, 0.6) is 0 Å². The van der Waals surface area contributed by atoms with E-state index in [1.165, 1.54) is 6.92 Å². The van der Waals surface area contributed by atoms with Crippen molar-refractivity contribution in [3.63, 3.8) is 0 Å². The molecule has 7 nitrogen and oxygen atoms in total. The van der Waals surface area contributed by atoms with Gasteiger partial charge in [-0.3, -0.25) is 4.79 Å². The van der Waals surface area contributed by atoms with Crippen molar-refractivity contribution in [2.75, 3.05) is 6.61 Å². The van der Waals surface area contributed by atoms with Crippen LogP contribution < -0.4 is 10.6 Å². The number of hydrogen-bond donors (Lipinski definition) is 3. The number of carboxylic acid groups (broad SMARTS) is 1. The number of carbonyl (C=O) groups excluding carboxylic acids is 2. The van der Waals surface area contributed by atoms with Crippen LogP contribution in [-0.4, -0.2) is 41.3 Å². The van der Waals surface area contributed by atoms with Gasteiger partial charge >= 0.3 is 12.1 Å². The highest BCUT2D eigenvalue weighted by Crippen LogP contribution is 2.44. The summed E-state index contributed by atoms with van der Waals surface area (Å²) >= 11 is 0. The molecular formula is C26H28N2O5. The Labute approximate surface area is 193 Å². The van der Waals surface area contributed by atoms with Crippen LogP contribution in [0.2, 0.25) is 0 Å². The molecule has 0 fully saturated rings. The van der Waals surface area contributed by atoms with Gasteiger partial charge in [-0.2, -0.15) is 0 Å². The average molecular weight is 449 g/mol. The lowest BCUT2D eigenvalue weighted by molar-refractivity contribution is -0.142. The molecule has 0 bridgehead atoms. The Morgan fingerprint density at radius 2 is 1.67 bits per heavy atom. The first kappa shape index (κ1) is 23.9. The average Bonchev–Trinajstić information content (AvgIpc) is 3.13. The summed E-state index contributed by atoms with van der Waals surface area (Å²) in [7, 11) is 0. The number of carbonyl (C=O) groups is 3. The van der Waals surface area contributed by atoms with Gasteiger partial charge in [-0.1, -0.05) is 55.5 Å². The molecule has 0 aliphatic heterocycles. The minimum Gasteiger partial charge on any atom is -0.480 e. The summed E-state index contributed by atoms with van der Waals surface area (Å²) in [5.74, 6) is 3.37. The van der Waals surface area contributed by atoms with Crippen molar-refractivity contribution in [1.82, 2.24) is 10.6 Å². The van der Waals surface area contributed by atoms with Crippen molar-refractivity contribution in [2.24, 2.45) is 0 Å². The first-order chi connectivity index (χ1) is 15.8. The fraction of sp³-hybridized carbons (Fsp3) is 0.346. The maximum Gasteiger partial charge on any atom is 0.408 e. The van der Waals surface area contributed by atoms with Crippen LogP contribution in [0.3, 0.4) is 0 Å². The quantitative estimate of drug-likeness (QED) is 0.535. The predicted octanol–water partition coefficient (Wildman–Crippen LogP) is 3.68. The molecule has 33 heavy (non-hydrogen) atoms. The van der Waals surface area contributed by atoms with Gasteiger partial charge in [0.1, 0.15) is 18.2 Å². The van der Waals surface area contributed by atoms with Gasteiger partial charge in [-0.05, 0) is 42.5 Å².